The summed E-state index contributed by atoms with van der Waals surface area (Å²) in [5.74, 6) is 0. The average molecular weight is 142 g/mol. The average Bonchev–Trinajstić information content (AvgIpc) is 2.00. The van der Waals surface area contributed by atoms with Gasteiger partial charge < -0.3 is 5.21 Å². The maximum Gasteiger partial charge on any atom is 0.233 e. The Morgan fingerprint density at radius 1 is 1.30 bits per heavy atom. The normalized spacial score (nSPS) is 38.9. The van der Waals surface area contributed by atoms with Gasteiger partial charge in [0.1, 0.15) is 4.87 Å². The van der Waals surface area contributed by atoms with Gasteiger partial charge in [0.2, 0.25) is 6.04 Å². The molecule has 10 heavy (non-hydrogen) atoms. The molecule has 0 amide bonds. The standard InChI is InChI=1S/C6H10N2O2/c9-7-5-1-2-6(4-3-5)8(7)10/h5-6H,1-4H2. The molecule has 3 fully saturated rings. The van der Waals surface area contributed by atoms with Crippen LogP contribution in [-0.4, -0.2) is 22.1 Å². The van der Waals surface area contributed by atoms with Crippen LogP contribution in [0.2, 0.25) is 0 Å². The third-order valence-corrected chi connectivity index (χ3v) is 2.49. The number of nitrogens with zero attached hydrogens (tertiary/aromatic N) is 2. The van der Waals surface area contributed by atoms with E-state index in [9.17, 15) is 10.1 Å². The van der Waals surface area contributed by atoms with Crippen molar-refractivity contribution in [3.05, 3.63) is 10.1 Å². The van der Waals surface area contributed by atoms with Crippen molar-refractivity contribution in [3.63, 3.8) is 0 Å². The van der Waals surface area contributed by atoms with E-state index in [1.54, 1.807) is 0 Å². The number of rotatable bonds is 0. The summed E-state index contributed by atoms with van der Waals surface area (Å²) >= 11 is 0. The molecular formula is C6H10N2O2. The Labute approximate surface area is 58.9 Å². The van der Waals surface area contributed by atoms with Crippen molar-refractivity contribution in [1.82, 2.24) is 5.17 Å². The van der Waals surface area contributed by atoms with Crippen LogP contribution in [0.1, 0.15) is 25.7 Å². The maximum atomic E-state index is 10.9. The van der Waals surface area contributed by atoms with Crippen LogP contribution in [-0.2, 0) is 0 Å². The van der Waals surface area contributed by atoms with Gasteiger partial charge in [-0.1, -0.05) is 0 Å². The molecular weight excluding hydrogens is 132 g/mol. The van der Waals surface area contributed by atoms with E-state index in [2.05, 4.69) is 0 Å². The van der Waals surface area contributed by atoms with E-state index in [4.69, 9.17) is 0 Å². The summed E-state index contributed by atoms with van der Waals surface area (Å²) in [5.41, 5.74) is 0. The Morgan fingerprint density at radius 2 is 1.90 bits per heavy atom. The third-order valence-electron chi connectivity index (χ3n) is 2.49. The SMILES string of the molecule is O=[N+]1C2CCC(CC2)N1[O-]. The van der Waals surface area contributed by atoms with Crippen LogP contribution >= 0.6 is 0 Å². The Kier molecular flexibility index (Phi) is 1.17. The summed E-state index contributed by atoms with van der Waals surface area (Å²) < 4.78 is 0. The Morgan fingerprint density at radius 3 is 2.20 bits per heavy atom. The highest BCUT2D eigenvalue weighted by Gasteiger charge is 2.42. The predicted octanol–water partition coefficient (Wildman–Crippen LogP) is 0.805. The fourth-order valence-corrected chi connectivity index (χ4v) is 1.82. The lowest BCUT2D eigenvalue weighted by Gasteiger charge is -2.39. The number of hydrazine groups is 1. The van der Waals surface area contributed by atoms with Crippen LogP contribution in [0.3, 0.4) is 0 Å². The predicted molar refractivity (Wildman–Crippen MR) is 34.9 cm³/mol. The summed E-state index contributed by atoms with van der Waals surface area (Å²) in [4.78, 5) is 11.5. The van der Waals surface area contributed by atoms with Crippen molar-refractivity contribution in [1.29, 1.82) is 0 Å². The van der Waals surface area contributed by atoms with Crippen LogP contribution in [0.4, 0.5) is 0 Å². The molecule has 2 aliphatic heterocycles. The highest BCUT2D eigenvalue weighted by molar-refractivity contribution is 4.80. The molecule has 0 aromatic heterocycles. The van der Waals surface area contributed by atoms with Crippen molar-refractivity contribution in [2.75, 3.05) is 0 Å². The second-order valence-electron chi connectivity index (χ2n) is 3.07. The zero-order chi connectivity index (χ0) is 7.14. The molecule has 2 bridgehead atoms. The number of nitroso groups, excluding NO2 is 1. The van der Waals surface area contributed by atoms with E-state index in [1.807, 2.05) is 0 Å². The van der Waals surface area contributed by atoms with E-state index >= 15 is 0 Å². The first-order valence-electron chi connectivity index (χ1n) is 3.71. The van der Waals surface area contributed by atoms with Crippen molar-refractivity contribution in [2.24, 2.45) is 0 Å². The van der Waals surface area contributed by atoms with E-state index in [-0.39, 0.29) is 12.1 Å². The van der Waals surface area contributed by atoms with Gasteiger partial charge in [-0.15, -0.1) is 0 Å². The van der Waals surface area contributed by atoms with Gasteiger partial charge in [-0.3, -0.25) is 0 Å². The summed E-state index contributed by atoms with van der Waals surface area (Å²) in [6.07, 6.45) is 3.64. The van der Waals surface area contributed by atoms with E-state index in [1.165, 1.54) is 0 Å². The van der Waals surface area contributed by atoms with E-state index in [0.717, 1.165) is 25.7 Å². The summed E-state index contributed by atoms with van der Waals surface area (Å²) in [5, 5.41) is 11.5. The molecule has 2 heterocycles. The Hall–Kier alpha value is -0.640. The molecule has 56 valence electrons. The van der Waals surface area contributed by atoms with Gasteiger partial charge in [0.05, 0.1) is 10.9 Å². The van der Waals surface area contributed by atoms with Crippen LogP contribution in [0.15, 0.2) is 0 Å². The molecule has 0 aromatic carbocycles. The fraction of sp³-hybridized carbons (Fsp3) is 1.00. The molecule has 0 spiro atoms. The quantitative estimate of drug-likeness (QED) is 0.470. The largest absolute Gasteiger partial charge is 0.704 e. The molecule has 1 saturated carbocycles. The van der Waals surface area contributed by atoms with Crippen molar-refractivity contribution in [3.8, 4) is 0 Å². The number of hydrogen-bond donors (Lipinski definition) is 0. The molecule has 3 aliphatic rings. The lowest BCUT2D eigenvalue weighted by Crippen LogP contribution is -2.52. The van der Waals surface area contributed by atoms with Crippen molar-refractivity contribution in [2.45, 2.75) is 37.8 Å². The monoisotopic (exact) mass is 142 g/mol. The zero-order valence-electron chi connectivity index (χ0n) is 5.69. The molecule has 0 atom stereocenters. The second kappa shape index (κ2) is 1.92. The van der Waals surface area contributed by atoms with Gasteiger partial charge in [0, 0.05) is 12.8 Å². The van der Waals surface area contributed by atoms with Gasteiger partial charge in [-0.25, -0.2) is 0 Å². The van der Waals surface area contributed by atoms with Crippen LogP contribution < -0.4 is 0 Å². The first-order valence-corrected chi connectivity index (χ1v) is 3.71. The fourth-order valence-electron chi connectivity index (χ4n) is 1.82. The smallest absolute Gasteiger partial charge is 0.233 e. The molecule has 0 radical (unpaired) electrons. The van der Waals surface area contributed by atoms with Gasteiger partial charge in [-0.2, -0.15) is 5.17 Å². The highest BCUT2D eigenvalue weighted by Crippen LogP contribution is 2.31. The minimum absolute atomic E-state index is 0.0116. The Balaban J connectivity index is 2.20. The highest BCUT2D eigenvalue weighted by atomic mass is 16.6. The van der Waals surface area contributed by atoms with Gasteiger partial charge in [0.25, 0.3) is 0 Å². The van der Waals surface area contributed by atoms with Crippen LogP contribution in [0.25, 0.3) is 0 Å². The molecule has 4 heteroatoms. The molecule has 4 nitrogen and oxygen atoms in total. The number of hydroxylamine groups is 1. The molecule has 0 N–H and O–H groups in total. The molecule has 3 rings (SSSR count). The van der Waals surface area contributed by atoms with Gasteiger partial charge in [-0.05, 0) is 12.8 Å². The lowest BCUT2D eigenvalue weighted by atomic mass is 9.89. The first-order chi connectivity index (χ1) is 4.79. The van der Waals surface area contributed by atoms with Crippen LogP contribution in [0.5, 0.6) is 0 Å². The molecule has 0 unspecified atom stereocenters. The maximum absolute atomic E-state index is 10.9. The number of fused-ring (bicyclic) bond motifs is 3. The minimum Gasteiger partial charge on any atom is -0.704 e. The minimum atomic E-state index is -0.0116. The summed E-state index contributed by atoms with van der Waals surface area (Å²) in [6.45, 7) is 0. The molecule has 2 saturated heterocycles. The third kappa shape index (κ3) is 0.653. The van der Waals surface area contributed by atoms with Gasteiger partial charge in [0.15, 0.2) is 0 Å². The van der Waals surface area contributed by atoms with Crippen molar-refractivity contribution >= 4 is 0 Å². The number of hydrogen-bond acceptors (Lipinski definition) is 2. The van der Waals surface area contributed by atoms with E-state index in [0.29, 0.717) is 10.0 Å². The first kappa shape index (κ1) is 6.09. The van der Waals surface area contributed by atoms with Crippen molar-refractivity contribution < 1.29 is 4.87 Å². The molecule has 0 aromatic rings. The molecule has 1 aliphatic carbocycles. The van der Waals surface area contributed by atoms with Crippen LogP contribution in [0, 0.1) is 10.1 Å². The van der Waals surface area contributed by atoms with E-state index < -0.39 is 0 Å². The second-order valence-corrected chi connectivity index (χ2v) is 3.07. The summed E-state index contributed by atoms with van der Waals surface area (Å²) in [6, 6.07) is -0.0231. The zero-order valence-corrected chi connectivity index (χ0v) is 5.69. The topological polar surface area (TPSA) is 46.4 Å². The van der Waals surface area contributed by atoms with Gasteiger partial charge >= 0.3 is 0 Å². The lowest BCUT2D eigenvalue weighted by molar-refractivity contribution is -0.749. The summed E-state index contributed by atoms with van der Waals surface area (Å²) in [7, 11) is 0. The Bertz CT molecular complexity index is 159.